The highest BCUT2D eigenvalue weighted by Gasteiger charge is 2.37. The van der Waals surface area contributed by atoms with Gasteiger partial charge in [-0.15, -0.1) is 0 Å². The highest BCUT2D eigenvalue weighted by atomic mass is 32.2. The van der Waals surface area contributed by atoms with Crippen LogP contribution in [-0.2, 0) is 21.2 Å². The number of benzene rings is 3. The van der Waals surface area contributed by atoms with Crippen molar-refractivity contribution < 1.29 is 32.6 Å². The average Bonchev–Trinajstić information content (AvgIpc) is 3.63. The van der Waals surface area contributed by atoms with Crippen LogP contribution < -0.4 is 30.7 Å². The molecule has 12 nitrogen and oxygen atoms in total. The van der Waals surface area contributed by atoms with Crippen LogP contribution in [0, 0.1) is 5.92 Å². The standard InChI is InChI=1S/C31H37N5O7S/c1-20(2)16-35(44(40,41)24-11-12-28-29(15-24)43-19-42-28)18-27(37)25(13-21-7-4-3-5-8-21)33-30(38)26-17-36(31(39)34-26)23-10-6-9-22(32)14-23/h3-12,14-15,20,25-27,37H,13,16-19,32H2,1-2H3,(H,33,38)(H,34,39)/t25-,26-,27+/m0/s1. The summed E-state index contributed by atoms with van der Waals surface area (Å²) in [4.78, 5) is 27.6. The van der Waals surface area contributed by atoms with E-state index in [4.69, 9.17) is 15.2 Å². The van der Waals surface area contributed by atoms with Gasteiger partial charge in [-0.05, 0) is 48.2 Å². The van der Waals surface area contributed by atoms with Crippen molar-refractivity contribution in [2.45, 2.75) is 43.4 Å². The molecule has 13 heteroatoms. The van der Waals surface area contributed by atoms with Crippen molar-refractivity contribution in [1.29, 1.82) is 0 Å². The number of hydrogen-bond donors (Lipinski definition) is 4. The first-order valence-electron chi connectivity index (χ1n) is 14.4. The largest absolute Gasteiger partial charge is 0.454 e. The van der Waals surface area contributed by atoms with Crippen molar-refractivity contribution in [3.05, 3.63) is 78.4 Å². The molecule has 1 saturated heterocycles. The molecule has 3 amide bonds. The number of fused-ring (bicyclic) bond motifs is 1. The molecule has 0 aromatic heterocycles. The molecule has 2 heterocycles. The molecule has 0 spiro atoms. The Bertz CT molecular complexity index is 1600. The van der Waals surface area contributed by atoms with E-state index in [0.29, 0.717) is 22.9 Å². The Labute approximate surface area is 256 Å². The van der Waals surface area contributed by atoms with Crippen molar-refractivity contribution >= 4 is 33.3 Å². The number of carbonyl (C=O) groups excluding carboxylic acids is 2. The molecule has 0 unspecified atom stereocenters. The molecule has 0 saturated carbocycles. The summed E-state index contributed by atoms with van der Waals surface area (Å²) in [5.41, 5.74) is 7.75. The molecule has 3 aromatic rings. The maximum atomic E-state index is 13.8. The Morgan fingerprint density at radius 1 is 1.07 bits per heavy atom. The molecule has 2 aliphatic heterocycles. The first kappa shape index (κ1) is 31.1. The van der Waals surface area contributed by atoms with Gasteiger partial charge in [-0.1, -0.05) is 50.2 Å². The number of carbonyl (C=O) groups is 2. The molecule has 3 aromatic carbocycles. The SMILES string of the molecule is CC(C)CN(C[C@@H](O)[C@H](Cc1ccccc1)NC(=O)[C@@H]1CN(c2cccc(N)c2)C(=O)N1)S(=O)(=O)c1ccc2c(c1)OCO2. The Morgan fingerprint density at radius 3 is 2.55 bits per heavy atom. The van der Waals surface area contributed by atoms with Crippen LogP contribution in [0.15, 0.2) is 77.7 Å². The number of amides is 3. The number of nitrogens with two attached hydrogens (primary N) is 1. The van der Waals surface area contributed by atoms with Crippen LogP contribution in [-0.4, -0.2) is 74.4 Å². The molecule has 2 aliphatic rings. The van der Waals surface area contributed by atoms with Crippen LogP contribution in [0.4, 0.5) is 16.2 Å². The quantitative estimate of drug-likeness (QED) is 0.223. The number of ether oxygens (including phenoxy) is 2. The van der Waals surface area contributed by atoms with Crippen molar-refractivity contribution in [3.63, 3.8) is 0 Å². The first-order chi connectivity index (χ1) is 21.0. The van der Waals surface area contributed by atoms with Gasteiger partial charge in [0.1, 0.15) is 6.04 Å². The van der Waals surface area contributed by atoms with E-state index in [9.17, 15) is 23.1 Å². The van der Waals surface area contributed by atoms with E-state index >= 15 is 0 Å². The molecule has 0 radical (unpaired) electrons. The van der Waals surface area contributed by atoms with Gasteiger partial charge in [0.25, 0.3) is 0 Å². The summed E-state index contributed by atoms with van der Waals surface area (Å²) in [5.74, 6) is 0.230. The van der Waals surface area contributed by atoms with Gasteiger partial charge in [-0.25, -0.2) is 13.2 Å². The van der Waals surface area contributed by atoms with Crippen molar-refractivity contribution in [3.8, 4) is 11.5 Å². The van der Waals surface area contributed by atoms with Gasteiger partial charge in [0.15, 0.2) is 11.5 Å². The van der Waals surface area contributed by atoms with Crippen LogP contribution in [0.1, 0.15) is 19.4 Å². The van der Waals surface area contributed by atoms with Gasteiger partial charge in [0.05, 0.1) is 23.6 Å². The summed E-state index contributed by atoms with van der Waals surface area (Å²) in [7, 11) is -4.06. The second kappa shape index (κ2) is 13.1. The van der Waals surface area contributed by atoms with Crippen LogP contribution in [0.3, 0.4) is 0 Å². The molecular weight excluding hydrogens is 586 g/mol. The third-order valence-corrected chi connectivity index (χ3v) is 9.27. The zero-order valence-electron chi connectivity index (χ0n) is 24.5. The number of nitrogens with one attached hydrogen (secondary N) is 2. The van der Waals surface area contributed by atoms with Crippen molar-refractivity contribution in [2.75, 3.05) is 37.1 Å². The first-order valence-corrected chi connectivity index (χ1v) is 15.8. The summed E-state index contributed by atoms with van der Waals surface area (Å²) in [6.07, 6.45) is -1.06. The lowest BCUT2D eigenvalue weighted by molar-refractivity contribution is -0.124. The van der Waals surface area contributed by atoms with Crippen molar-refractivity contribution in [2.24, 2.45) is 5.92 Å². The maximum Gasteiger partial charge on any atom is 0.322 e. The molecular formula is C31H37N5O7S. The number of rotatable bonds is 12. The third-order valence-electron chi connectivity index (χ3n) is 7.44. The number of sulfonamides is 1. The lowest BCUT2D eigenvalue weighted by atomic mass is 10.0. The normalized spacial score (nSPS) is 17.5. The van der Waals surface area contributed by atoms with Gasteiger partial charge in [0.2, 0.25) is 22.7 Å². The minimum atomic E-state index is -4.06. The minimum absolute atomic E-state index is 0.00668. The fourth-order valence-corrected chi connectivity index (χ4v) is 6.87. The van der Waals surface area contributed by atoms with E-state index in [2.05, 4.69) is 10.6 Å². The van der Waals surface area contributed by atoms with Crippen LogP contribution in [0.5, 0.6) is 11.5 Å². The lowest BCUT2D eigenvalue weighted by Gasteiger charge is -2.31. The Hall–Kier alpha value is -4.33. The molecule has 5 rings (SSSR count). The number of anilines is 2. The monoisotopic (exact) mass is 623 g/mol. The Kier molecular flexibility index (Phi) is 9.28. The van der Waals surface area contributed by atoms with Gasteiger partial charge >= 0.3 is 6.03 Å². The summed E-state index contributed by atoms with van der Waals surface area (Å²) in [6.45, 7) is 3.68. The van der Waals surface area contributed by atoms with Gasteiger partial charge in [0, 0.05) is 30.5 Å². The molecule has 1 fully saturated rings. The molecule has 0 aliphatic carbocycles. The summed E-state index contributed by atoms with van der Waals surface area (Å²) >= 11 is 0. The lowest BCUT2D eigenvalue weighted by Crippen LogP contribution is -2.54. The topological polar surface area (TPSA) is 164 Å². The van der Waals surface area contributed by atoms with E-state index in [-0.39, 0.29) is 43.7 Å². The van der Waals surface area contributed by atoms with E-state index in [1.807, 2.05) is 44.2 Å². The fraction of sp³-hybridized carbons (Fsp3) is 0.355. The van der Waals surface area contributed by atoms with Crippen LogP contribution >= 0.6 is 0 Å². The molecule has 3 atom stereocenters. The highest BCUT2D eigenvalue weighted by molar-refractivity contribution is 7.89. The predicted molar refractivity (Wildman–Crippen MR) is 165 cm³/mol. The predicted octanol–water partition coefficient (Wildman–Crippen LogP) is 2.33. The van der Waals surface area contributed by atoms with Gasteiger partial charge < -0.3 is 30.9 Å². The van der Waals surface area contributed by atoms with Gasteiger partial charge in [-0.3, -0.25) is 9.69 Å². The number of nitrogens with zero attached hydrogens (tertiary/aromatic N) is 2. The fourth-order valence-electron chi connectivity index (χ4n) is 5.24. The summed E-state index contributed by atoms with van der Waals surface area (Å²) < 4.78 is 39.6. The molecule has 5 N–H and O–H groups in total. The van der Waals surface area contributed by atoms with Crippen molar-refractivity contribution in [1.82, 2.24) is 14.9 Å². The number of aliphatic hydroxyl groups excluding tert-OH is 1. The van der Waals surface area contributed by atoms with E-state index in [0.717, 1.165) is 5.56 Å². The zero-order valence-corrected chi connectivity index (χ0v) is 25.4. The molecule has 44 heavy (non-hydrogen) atoms. The highest BCUT2D eigenvalue weighted by Crippen LogP contribution is 2.35. The third kappa shape index (κ3) is 7.07. The average molecular weight is 624 g/mol. The van der Waals surface area contributed by atoms with Crippen LogP contribution in [0.2, 0.25) is 0 Å². The van der Waals surface area contributed by atoms with Crippen LogP contribution in [0.25, 0.3) is 0 Å². The smallest absolute Gasteiger partial charge is 0.322 e. The second-order valence-corrected chi connectivity index (χ2v) is 13.2. The summed E-state index contributed by atoms with van der Waals surface area (Å²) in [6, 6.07) is 18.2. The second-order valence-electron chi connectivity index (χ2n) is 11.3. The number of aliphatic hydroxyl groups is 1. The molecule has 234 valence electrons. The van der Waals surface area contributed by atoms with E-state index < -0.39 is 40.1 Å². The molecule has 0 bridgehead atoms. The van der Waals surface area contributed by atoms with Gasteiger partial charge in [-0.2, -0.15) is 4.31 Å². The Morgan fingerprint density at radius 2 is 1.82 bits per heavy atom. The van der Waals surface area contributed by atoms with E-state index in [1.165, 1.54) is 21.3 Å². The number of hydrogen-bond acceptors (Lipinski definition) is 8. The minimum Gasteiger partial charge on any atom is -0.454 e. The Balaban J connectivity index is 1.36. The van der Waals surface area contributed by atoms with E-state index in [1.54, 1.807) is 30.3 Å². The summed E-state index contributed by atoms with van der Waals surface area (Å²) in [5, 5.41) is 17.1. The number of nitrogen functional groups attached to an aromatic ring is 1. The number of urea groups is 1. The maximum absolute atomic E-state index is 13.8. The zero-order chi connectivity index (χ0) is 31.4.